The third-order valence-electron chi connectivity index (χ3n) is 4.97. The van der Waals surface area contributed by atoms with Crippen LogP contribution in [0.2, 0.25) is 0 Å². The predicted octanol–water partition coefficient (Wildman–Crippen LogP) is 1.79. The maximum absolute atomic E-state index is 3.36. The molecule has 2 aliphatic heterocycles. The quantitative estimate of drug-likeness (QED) is 0.778. The largest absolute Gasteiger partial charge is 0.319 e. The second-order valence-corrected chi connectivity index (χ2v) is 6.62. The van der Waals surface area contributed by atoms with E-state index in [2.05, 4.69) is 36.0 Å². The zero-order chi connectivity index (χ0) is 13.0. The van der Waals surface area contributed by atoms with Crippen molar-refractivity contribution in [3.8, 4) is 0 Å². The van der Waals surface area contributed by atoms with Crippen molar-refractivity contribution in [1.82, 2.24) is 15.1 Å². The van der Waals surface area contributed by atoms with Gasteiger partial charge in [-0.1, -0.05) is 13.8 Å². The molecule has 0 aromatic rings. The minimum absolute atomic E-state index is 0.439. The number of rotatable bonds is 6. The molecular weight excluding hydrogens is 222 g/mol. The van der Waals surface area contributed by atoms with E-state index in [1.165, 1.54) is 58.4 Å². The Morgan fingerprint density at radius 1 is 1.22 bits per heavy atom. The number of likely N-dealkylation sites (tertiary alicyclic amines) is 2. The minimum atomic E-state index is 0.439. The summed E-state index contributed by atoms with van der Waals surface area (Å²) in [5, 5.41) is 3.36. The first-order valence-corrected chi connectivity index (χ1v) is 7.78. The van der Waals surface area contributed by atoms with E-state index in [0.717, 1.165) is 12.6 Å². The third kappa shape index (κ3) is 3.46. The van der Waals surface area contributed by atoms with Crippen LogP contribution >= 0.6 is 0 Å². The number of hydrogen-bond acceptors (Lipinski definition) is 3. The van der Waals surface area contributed by atoms with E-state index in [0.29, 0.717) is 5.41 Å². The summed E-state index contributed by atoms with van der Waals surface area (Å²) in [4.78, 5) is 5.42. The Morgan fingerprint density at radius 3 is 2.56 bits per heavy atom. The average molecular weight is 253 g/mol. The lowest BCUT2D eigenvalue weighted by atomic mass is 9.87. The van der Waals surface area contributed by atoms with Crippen LogP contribution in [0.5, 0.6) is 0 Å². The molecule has 0 radical (unpaired) electrons. The molecule has 2 heterocycles. The van der Waals surface area contributed by atoms with Crippen molar-refractivity contribution < 1.29 is 0 Å². The lowest BCUT2D eigenvalue weighted by Crippen LogP contribution is -2.42. The van der Waals surface area contributed by atoms with E-state index in [1.54, 1.807) is 0 Å². The summed E-state index contributed by atoms with van der Waals surface area (Å²) < 4.78 is 0. The monoisotopic (exact) mass is 253 g/mol. The molecule has 0 aliphatic carbocycles. The van der Waals surface area contributed by atoms with E-state index in [-0.39, 0.29) is 0 Å². The van der Waals surface area contributed by atoms with Gasteiger partial charge in [-0.2, -0.15) is 0 Å². The van der Waals surface area contributed by atoms with E-state index < -0.39 is 0 Å². The first-order valence-electron chi connectivity index (χ1n) is 7.78. The maximum atomic E-state index is 3.36. The molecule has 106 valence electrons. The van der Waals surface area contributed by atoms with Crippen molar-refractivity contribution >= 4 is 0 Å². The lowest BCUT2D eigenvalue weighted by molar-refractivity contribution is 0.166. The number of hydrogen-bond donors (Lipinski definition) is 1. The highest BCUT2D eigenvalue weighted by Crippen LogP contribution is 2.26. The van der Waals surface area contributed by atoms with Crippen LogP contribution in [-0.2, 0) is 0 Å². The molecule has 2 atom stereocenters. The number of nitrogens with one attached hydrogen (secondary N) is 1. The SMILES string of the molecule is CCC(C)(CNC)CN1CCC(N2CCCC2)C1. The molecule has 0 aromatic carbocycles. The molecule has 0 amide bonds. The standard InChI is InChI=1S/C15H31N3/c1-4-15(2,12-16-3)13-17-10-7-14(11-17)18-8-5-6-9-18/h14,16H,4-13H2,1-3H3. The Kier molecular flexibility index (Phi) is 5.05. The van der Waals surface area contributed by atoms with Gasteiger partial charge in [0.2, 0.25) is 0 Å². The van der Waals surface area contributed by atoms with E-state index in [9.17, 15) is 0 Å². The molecule has 0 bridgehead atoms. The first kappa shape index (κ1) is 14.3. The topological polar surface area (TPSA) is 18.5 Å². The zero-order valence-electron chi connectivity index (χ0n) is 12.5. The molecule has 2 saturated heterocycles. The minimum Gasteiger partial charge on any atom is -0.319 e. The molecule has 3 nitrogen and oxygen atoms in total. The van der Waals surface area contributed by atoms with Crippen LogP contribution in [0.4, 0.5) is 0 Å². The van der Waals surface area contributed by atoms with Gasteiger partial charge >= 0.3 is 0 Å². The van der Waals surface area contributed by atoms with Crippen molar-refractivity contribution in [2.75, 3.05) is 46.3 Å². The summed E-state index contributed by atoms with van der Waals surface area (Å²) in [5.41, 5.74) is 0.439. The molecule has 2 unspecified atom stereocenters. The second-order valence-electron chi connectivity index (χ2n) is 6.62. The lowest BCUT2D eigenvalue weighted by Gasteiger charge is -2.33. The van der Waals surface area contributed by atoms with Crippen LogP contribution in [0.1, 0.15) is 39.5 Å². The molecule has 1 N–H and O–H groups in total. The Morgan fingerprint density at radius 2 is 1.94 bits per heavy atom. The van der Waals surface area contributed by atoms with E-state index in [4.69, 9.17) is 0 Å². The van der Waals surface area contributed by atoms with Gasteiger partial charge in [0, 0.05) is 25.7 Å². The molecule has 0 spiro atoms. The second kappa shape index (κ2) is 6.36. The molecule has 2 rings (SSSR count). The average Bonchev–Trinajstić information content (AvgIpc) is 2.99. The molecule has 0 aromatic heterocycles. The van der Waals surface area contributed by atoms with Crippen LogP contribution in [-0.4, -0.2) is 62.2 Å². The normalized spacial score (nSPS) is 29.8. The van der Waals surface area contributed by atoms with Gasteiger partial charge in [-0.05, 0) is 57.8 Å². The summed E-state index contributed by atoms with van der Waals surface area (Å²) in [6, 6.07) is 0.850. The molecular formula is C15H31N3. The van der Waals surface area contributed by atoms with Crippen LogP contribution in [0, 0.1) is 5.41 Å². The highest BCUT2D eigenvalue weighted by atomic mass is 15.3. The Balaban J connectivity index is 1.80. The Bertz CT molecular complexity index is 250. The van der Waals surface area contributed by atoms with Crippen LogP contribution in [0.3, 0.4) is 0 Å². The Hall–Kier alpha value is -0.120. The van der Waals surface area contributed by atoms with E-state index >= 15 is 0 Å². The smallest absolute Gasteiger partial charge is 0.0235 e. The fraction of sp³-hybridized carbons (Fsp3) is 1.00. The van der Waals surface area contributed by atoms with Crippen LogP contribution in [0.15, 0.2) is 0 Å². The van der Waals surface area contributed by atoms with Gasteiger partial charge < -0.3 is 10.2 Å². The van der Waals surface area contributed by atoms with Crippen LogP contribution < -0.4 is 5.32 Å². The molecule has 2 fully saturated rings. The molecule has 2 aliphatic rings. The fourth-order valence-corrected chi connectivity index (χ4v) is 3.62. The van der Waals surface area contributed by atoms with Gasteiger partial charge in [0.1, 0.15) is 0 Å². The summed E-state index contributed by atoms with van der Waals surface area (Å²) in [5.74, 6) is 0. The van der Waals surface area contributed by atoms with Gasteiger partial charge in [-0.3, -0.25) is 4.90 Å². The van der Waals surface area contributed by atoms with Gasteiger partial charge in [0.15, 0.2) is 0 Å². The maximum Gasteiger partial charge on any atom is 0.0235 e. The van der Waals surface area contributed by atoms with Gasteiger partial charge in [0.05, 0.1) is 0 Å². The van der Waals surface area contributed by atoms with Gasteiger partial charge in [-0.15, -0.1) is 0 Å². The summed E-state index contributed by atoms with van der Waals surface area (Å²) >= 11 is 0. The number of nitrogens with zero attached hydrogens (tertiary/aromatic N) is 2. The van der Waals surface area contributed by atoms with Gasteiger partial charge in [-0.25, -0.2) is 0 Å². The summed E-state index contributed by atoms with van der Waals surface area (Å²) in [7, 11) is 2.07. The first-order chi connectivity index (χ1) is 8.67. The van der Waals surface area contributed by atoms with E-state index in [1.807, 2.05) is 0 Å². The Labute approximate surface area is 113 Å². The van der Waals surface area contributed by atoms with Crippen molar-refractivity contribution in [3.63, 3.8) is 0 Å². The van der Waals surface area contributed by atoms with Crippen molar-refractivity contribution in [2.45, 2.75) is 45.6 Å². The van der Waals surface area contributed by atoms with Crippen molar-refractivity contribution in [3.05, 3.63) is 0 Å². The summed E-state index contributed by atoms with van der Waals surface area (Å²) in [6.07, 6.45) is 5.49. The summed E-state index contributed by atoms with van der Waals surface area (Å²) in [6.45, 7) is 12.4. The molecule has 3 heteroatoms. The highest BCUT2D eigenvalue weighted by molar-refractivity contribution is 4.89. The molecule has 18 heavy (non-hydrogen) atoms. The zero-order valence-corrected chi connectivity index (χ0v) is 12.5. The fourth-order valence-electron chi connectivity index (χ4n) is 3.62. The molecule has 0 saturated carbocycles. The predicted molar refractivity (Wildman–Crippen MR) is 78.0 cm³/mol. The third-order valence-corrected chi connectivity index (χ3v) is 4.97. The van der Waals surface area contributed by atoms with Crippen LogP contribution in [0.25, 0.3) is 0 Å². The van der Waals surface area contributed by atoms with Crippen molar-refractivity contribution in [1.29, 1.82) is 0 Å². The van der Waals surface area contributed by atoms with Gasteiger partial charge in [0.25, 0.3) is 0 Å². The highest BCUT2D eigenvalue weighted by Gasteiger charge is 2.32. The van der Waals surface area contributed by atoms with Crippen molar-refractivity contribution in [2.24, 2.45) is 5.41 Å².